The number of carbonyl (C=O) groups excluding carboxylic acids is 1. The van der Waals surface area contributed by atoms with Crippen molar-refractivity contribution in [2.24, 2.45) is 0 Å². The summed E-state index contributed by atoms with van der Waals surface area (Å²) >= 11 is 0. The molecule has 1 unspecified atom stereocenters. The number of ether oxygens (including phenoxy) is 1. The molecule has 1 saturated heterocycles. The molecule has 1 aliphatic rings. The van der Waals surface area contributed by atoms with E-state index in [1.54, 1.807) is 35.4 Å². The Hall–Kier alpha value is -2.34. The first kappa shape index (κ1) is 15.6. The first-order valence-corrected chi connectivity index (χ1v) is 7.81. The molecule has 0 spiro atoms. The van der Waals surface area contributed by atoms with Gasteiger partial charge in [0.2, 0.25) is 0 Å². The van der Waals surface area contributed by atoms with Gasteiger partial charge in [-0.15, -0.1) is 0 Å². The zero-order valence-corrected chi connectivity index (χ0v) is 13.2. The predicted octanol–water partition coefficient (Wildman–Crippen LogP) is 2.27. The van der Waals surface area contributed by atoms with Crippen molar-refractivity contribution in [2.75, 3.05) is 13.2 Å². The van der Waals surface area contributed by atoms with Crippen LogP contribution in [0.3, 0.4) is 0 Å². The minimum absolute atomic E-state index is 0.0407. The number of nitrogens with one attached hydrogen (secondary N) is 1. The average Bonchev–Trinajstić information content (AvgIpc) is 3.08. The normalized spacial score (nSPS) is 21.1. The quantitative estimate of drug-likeness (QED) is 0.907. The van der Waals surface area contributed by atoms with Crippen molar-refractivity contribution < 1.29 is 14.6 Å². The molecule has 122 valence electrons. The van der Waals surface area contributed by atoms with Crippen LogP contribution in [0.15, 0.2) is 36.9 Å². The van der Waals surface area contributed by atoms with Crippen LogP contribution in [0, 0.1) is 0 Å². The van der Waals surface area contributed by atoms with Gasteiger partial charge >= 0.3 is 0 Å². The van der Waals surface area contributed by atoms with Crippen molar-refractivity contribution in [3.05, 3.63) is 42.5 Å². The SMILES string of the molecule is CC1(CNC(=O)c2cc(-n3ccnc3)ccc2O)CCCCO1. The number of hydrogen-bond donors (Lipinski definition) is 2. The van der Waals surface area contributed by atoms with Crippen LogP contribution in [-0.2, 0) is 4.74 Å². The van der Waals surface area contributed by atoms with E-state index in [1.165, 1.54) is 6.07 Å². The van der Waals surface area contributed by atoms with E-state index in [9.17, 15) is 9.90 Å². The molecule has 6 nitrogen and oxygen atoms in total. The lowest BCUT2D eigenvalue weighted by Crippen LogP contribution is -2.44. The molecule has 23 heavy (non-hydrogen) atoms. The number of phenols is 1. The Morgan fingerprint density at radius 1 is 1.48 bits per heavy atom. The summed E-state index contributed by atoms with van der Waals surface area (Å²) in [7, 11) is 0. The maximum atomic E-state index is 12.4. The highest BCUT2D eigenvalue weighted by atomic mass is 16.5. The Labute approximate surface area is 135 Å². The second-order valence-electron chi connectivity index (χ2n) is 6.11. The molecule has 2 N–H and O–H groups in total. The minimum atomic E-state index is -0.328. The fourth-order valence-corrected chi connectivity index (χ4v) is 2.77. The standard InChI is InChI=1S/C17H21N3O3/c1-17(6-2-3-9-23-17)11-19-16(22)14-10-13(4-5-15(14)21)20-8-7-18-12-20/h4-5,7-8,10,12,21H,2-3,6,9,11H2,1H3,(H,19,22). The Morgan fingerprint density at radius 2 is 2.35 bits per heavy atom. The number of hydrogen-bond acceptors (Lipinski definition) is 4. The molecule has 1 aromatic carbocycles. The predicted molar refractivity (Wildman–Crippen MR) is 85.8 cm³/mol. The summed E-state index contributed by atoms with van der Waals surface area (Å²) in [5.41, 5.74) is 0.687. The van der Waals surface area contributed by atoms with Gasteiger partial charge in [-0.05, 0) is 44.4 Å². The first-order chi connectivity index (χ1) is 11.1. The lowest BCUT2D eigenvalue weighted by atomic mass is 9.96. The fraction of sp³-hybridized carbons (Fsp3) is 0.412. The third-order valence-electron chi connectivity index (χ3n) is 4.20. The number of phenolic OH excluding ortho intramolecular Hbond substituents is 1. The molecule has 0 bridgehead atoms. The highest BCUT2D eigenvalue weighted by Crippen LogP contribution is 2.24. The van der Waals surface area contributed by atoms with Gasteiger partial charge in [0.15, 0.2) is 0 Å². The molecule has 1 fully saturated rings. The number of rotatable bonds is 4. The zero-order chi connectivity index (χ0) is 16.3. The van der Waals surface area contributed by atoms with Gasteiger partial charge in [0, 0.05) is 31.2 Å². The third kappa shape index (κ3) is 3.53. The second kappa shape index (κ2) is 6.42. The summed E-state index contributed by atoms with van der Waals surface area (Å²) in [6.07, 6.45) is 8.18. The highest BCUT2D eigenvalue weighted by molar-refractivity contribution is 5.97. The summed E-state index contributed by atoms with van der Waals surface area (Å²) in [6, 6.07) is 4.90. The van der Waals surface area contributed by atoms with Crippen LogP contribution in [0.5, 0.6) is 5.75 Å². The van der Waals surface area contributed by atoms with Gasteiger partial charge in [0.05, 0.1) is 17.5 Å². The van der Waals surface area contributed by atoms with Crippen LogP contribution < -0.4 is 5.32 Å². The van der Waals surface area contributed by atoms with Gasteiger partial charge in [0.25, 0.3) is 5.91 Å². The van der Waals surface area contributed by atoms with Crippen molar-refractivity contribution in [3.63, 3.8) is 0 Å². The maximum absolute atomic E-state index is 12.4. The van der Waals surface area contributed by atoms with Gasteiger partial charge in [-0.25, -0.2) is 4.98 Å². The Morgan fingerprint density at radius 3 is 3.04 bits per heavy atom. The molecule has 3 rings (SSSR count). The van der Waals surface area contributed by atoms with Crippen molar-refractivity contribution in [1.82, 2.24) is 14.9 Å². The van der Waals surface area contributed by atoms with Crippen molar-refractivity contribution in [2.45, 2.75) is 31.8 Å². The summed E-state index contributed by atoms with van der Waals surface area (Å²) in [5.74, 6) is -0.346. The fourth-order valence-electron chi connectivity index (χ4n) is 2.77. The molecule has 6 heteroatoms. The van der Waals surface area contributed by atoms with Gasteiger partial charge in [-0.3, -0.25) is 4.79 Å². The van der Waals surface area contributed by atoms with Gasteiger partial charge < -0.3 is 19.7 Å². The lowest BCUT2D eigenvalue weighted by molar-refractivity contribution is -0.0619. The van der Waals surface area contributed by atoms with Gasteiger partial charge in [-0.2, -0.15) is 0 Å². The van der Waals surface area contributed by atoms with E-state index >= 15 is 0 Å². The molecule has 2 aromatic rings. The third-order valence-corrected chi connectivity index (χ3v) is 4.20. The molecular weight excluding hydrogens is 294 g/mol. The number of nitrogens with zero attached hydrogens (tertiary/aromatic N) is 2. The zero-order valence-electron chi connectivity index (χ0n) is 13.2. The summed E-state index contributed by atoms with van der Waals surface area (Å²) < 4.78 is 7.55. The molecule has 1 aromatic heterocycles. The molecule has 1 atom stereocenters. The summed E-state index contributed by atoms with van der Waals surface area (Å²) in [4.78, 5) is 16.4. The van der Waals surface area contributed by atoms with E-state index in [0.29, 0.717) is 6.54 Å². The van der Waals surface area contributed by atoms with E-state index in [0.717, 1.165) is 31.6 Å². The molecular formula is C17H21N3O3. The van der Waals surface area contributed by atoms with Crippen LogP contribution >= 0.6 is 0 Å². The monoisotopic (exact) mass is 315 g/mol. The smallest absolute Gasteiger partial charge is 0.255 e. The van der Waals surface area contributed by atoms with Gasteiger partial charge in [-0.1, -0.05) is 0 Å². The number of imidazole rings is 1. The maximum Gasteiger partial charge on any atom is 0.255 e. The number of carbonyl (C=O) groups is 1. The lowest BCUT2D eigenvalue weighted by Gasteiger charge is -2.34. The average molecular weight is 315 g/mol. The Bertz CT molecular complexity index is 676. The molecule has 2 heterocycles. The number of aromatic nitrogens is 2. The molecule has 1 amide bonds. The Kier molecular flexibility index (Phi) is 4.34. The van der Waals surface area contributed by atoms with Crippen molar-refractivity contribution >= 4 is 5.91 Å². The van der Waals surface area contributed by atoms with Crippen LogP contribution in [0.2, 0.25) is 0 Å². The molecule has 0 saturated carbocycles. The molecule has 1 aliphatic heterocycles. The number of benzene rings is 1. The molecule has 0 aliphatic carbocycles. The van der Waals surface area contributed by atoms with Crippen molar-refractivity contribution in [3.8, 4) is 11.4 Å². The van der Waals surface area contributed by atoms with Gasteiger partial charge in [0.1, 0.15) is 5.75 Å². The van der Waals surface area contributed by atoms with Crippen molar-refractivity contribution in [1.29, 1.82) is 0 Å². The van der Waals surface area contributed by atoms with E-state index in [2.05, 4.69) is 10.3 Å². The first-order valence-electron chi connectivity index (χ1n) is 7.81. The largest absolute Gasteiger partial charge is 0.507 e. The topological polar surface area (TPSA) is 76.4 Å². The van der Waals surface area contributed by atoms with Crippen LogP contribution in [0.4, 0.5) is 0 Å². The molecule has 0 radical (unpaired) electrons. The second-order valence-corrected chi connectivity index (χ2v) is 6.11. The van der Waals surface area contributed by atoms with E-state index in [-0.39, 0.29) is 22.8 Å². The van der Waals surface area contributed by atoms with E-state index in [4.69, 9.17) is 4.74 Å². The Balaban J connectivity index is 1.73. The van der Waals surface area contributed by atoms with E-state index in [1.807, 2.05) is 6.92 Å². The van der Waals surface area contributed by atoms with Crippen LogP contribution in [-0.4, -0.2) is 39.3 Å². The van der Waals surface area contributed by atoms with E-state index < -0.39 is 0 Å². The number of amides is 1. The number of aromatic hydroxyl groups is 1. The van der Waals surface area contributed by atoms with Crippen LogP contribution in [0.25, 0.3) is 5.69 Å². The summed E-state index contributed by atoms with van der Waals surface area (Å²) in [6.45, 7) is 3.17. The highest BCUT2D eigenvalue weighted by Gasteiger charge is 2.28. The van der Waals surface area contributed by atoms with Crippen LogP contribution in [0.1, 0.15) is 36.5 Å². The summed E-state index contributed by atoms with van der Waals surface area (Å²) in [5, 5.41) is 12.9. The minimum Gasteiger partial charge on any atom is -0.507 e.